The molecule has 1 atom stereocenters. The molecule has 13 heteroatoms. The Morgan fingerprint density at radius 3 is 2.16 bits per heavy atom. The van der Waals surface area contributed by atoms with Gasteiger partial charge in [-0.05, 0) is 60.2 Å². The number of alkyl halides is 6. The van der Waals surface area contributed by atoms with Crippen molar-refractivity contribution in [1.29, 1.82) is 0 Å². The van der Waals surface area contributed by atoms with Crippen LogP contribution < -0.4 is 4.74 Å². The zero-order valence-corrected chi connectivity index (χ0v) is 19.5. The van der Waals surface area contributed by atoms with Crippen molar-refractivity contribution in [3.63, 3.8) is 0 Å². The van der Waals surface area contributed by atoms with Crippen LogP contribution in [0.5, 0.6) is 5.75 Å². The van der Waals surface area contributed by atoms with Gasteiger partial charge in [-0.25, -0.2) is 9.80 Å². The molecular weight excluding hydrogens is 522 g/mol. The smallest absolute Gasteiger partial charge is 0.416 e. The summed E-state index contributed by atoms with van der Waals surface area (Å²) in [7, 11) is 1.50. The average molecular weight is 540 g/mol. The van der Waals surface area contributed by atoms with Crippen LogP contribution >= 0.6 is 0 Å². The van der Waals surface area contributed by atoms with E-state index in [4.69, 9.17) is 13.9 Å². The fourth-order valence-electron chi connectivity index (χ4n) is 3.75. The van der Waals surface area contributed by atoms with Gasteiger partial charge in [0.15, 0.2) is 6.61 Å². The number of rotatable bonds is 6. The number of ether oxygens (including phenoxy) is 2. The molecule has 1 amide bonds. The number of halogens is 6. The van der Waals surface area contributed by atoms with Crippen LogP contribution in [-0.2, 0) is 21.9 Å². The van der Waals surface area contributed by atoms with Crippen LogP contribution in [-0.4, -0.2) is 36.3 Å². The number of furan rings is 1. The van der Waals surface area contributed by atoms with Gasteiger partial charge in [0.2, 0.25) is 0 Å². The average Bonchev–Trinajstić information content (AvgIpc) is 3.56. The zero-order valence-electron chi connectivity index (χ0n) is 19.5. The summed E-state index contributed by atoms with van der Waals surface area (Å²) in [5.41, 5.74) is -3.22. The van der Waals surface area contributed by atoms with Gasteiger partial charge in [0.05, 0.1) is 35.8 Å². The Kier molecular flexibility index (Phi) is 7.20. The summed E-state index contributed by atoms with van der Waals surface area (Å²) < 4.78 is 93.9. The summed E-state index contributed by atoms with van der Waals surface area (Å²) >= 11 is 0. The van der Waals surface area contributed by atoms with Crippen molar-refractivity contribution >= 4 is 17.6 Å². The molecule has 0 fully saturated rings. The van der Waals surface area contributed by atoms with Crippen LogP contribution in [0, 0.1) is 0 Å². The first-order valence-electron chi connectivity index (χ1n) is 10.9. The maximum Gasteiger partial charge on any atom is 0.416 e. The first-order chi connectivity index (χ1) is 17.9. The van der Waals surface area contributed by atoms with Gasteiger partial charge in [-0.3, -0.25) is 4.79 Å². The van der Waals surface area contributed by atoms with Gasteiger partial charge in [0, 0.05) is 6.42 Å². The Hall–Kier alpha value is -4.29. The summed E-state index contributed by atoms with van der Waals surface area (Å²) in [6.07, 6.45) is -8.69. The minimum Gasteiger partial charge on any atom is -0.497 e. The maximum atomic E-state index is 13.1. The fraction of sp³-hybridized carbons (Fsp3) is 0.240. The number of methoxy groups -OCH3 is 1. The number of hydrazone groups is 1. The van der Waals surface area contributed by atoms with E-state index in [-0.39, 0.29) is 24.6 Å². The van der Waals surface area contributed by atoms with Crippen molar-refractivity contribution in [2.45, 2.75) is 24.8 Å². The third-order valence-electron chi connectivity index (χ3n) is 5.61. The van der Waals surface area contributed by atoms with E-state index in [1.807, 2.05) is 0 Å². The lowest BCUT2D eigenvalue weighted by Crippen LogP contribution is -2.31. The van der Waals surface area contributed by atoms with E-state index in [1.54, 1.807) is 36.4 Å². The predicted molar refractivity (Wildman–Crippen MR) is 119 cm³/mol. The first kappa shape index (κ1) is 26.8. The van der Waals surface area contributed by atoms with Crippen LogP contribution in [0.1, 0.15) is 45.3 Å². The minimum absolute atomic E-state index is 0.116. The number of hydrogen-bond acceptors (Lipinski definition) is 6. The lowest BCUT2D eigenvalue weighted by molar-refractivity contribution is -0.143. The number of carbonyl (C=O) groups excluding carboxylic acids is 2. The summed E-state index contributed by atoms with van der Waals surface area (Å²) in [6.45, 7) is -0.993. The molecule has 0 spiro atoms. The maximum absolute atomic E-state index is 13.1. The van der Waals surface area contributed by atoms with Crippen LogP contribution in [0.25, 0.3) is 0 Å². The normalized spacial score (nSPS) is 15.8. The van der Waals surface area contributed by atoms with E-state index >= 15 is 0 Å². The molecule has 1 aliphatic heterocycles. The van der Waals surface area contributed by atoms with Crippen LogP contribution in [0.3, 0.4) is 0 Å². The van der Waals surface area contributed by atoms with Gasteiger partial charge in [-0.15, -0.1) is 0 Å². The second kappa shape index (κ2) is 10.2. The van der Waals surface area contributed by atoms with Gasteiger partial charge in [0.1, 0.15) is 17.6 Å². The molecule has 2 heterocycles. The largest absolute Gasteiger partial charge is 0.497 e. The first-order valence-corrected chi connectivity index (χ1v) is 10.9. The second-order valence-corrected chi connectivity index (χ2v) is 8.12. The monoisotopic (exact) mass is 540 g/mol. The van der Waals surface area contributed by atoms with Crippen molar-refractivity contribution in [3.8, 4) is 5.75 Å². The van der Waals surface area contributed by atoms with E-state index in [9.17, 15) is 35.9 Å². The van der Waals surface area contributed by atoms with E-state index < -0.39 is 53.6 Å². The number of esters is 1. The third kappa shape index (κ3) is 5.82. The molecule has 1 aliphatic rings. The third-order valence-corrected chi connectivity index (χ3v) is 5.61. The lowest BCUT2D eigenvalue weighted by Gasteiger charge is -2.20. The fourth-order valence-corrected chi connectivity index (χ4v) is 3.75. The molecule has 7 nitrogen and oxygen atoms in total. The van der Waals surface area contributed by atoms with E-state index in [0.717, 1.165) is 5.01 Å². The highest BCUT2D eigenvalue weighted by molar-refractivity contribution is 6.03. The van der Waals surface area contributed by atoms with Crippen molar-refractivity contribution < 1.29 is 49.8 Å². The molecule has 0 aliphatic carbocycles. The van der Waals surface area contributed by atoms with E-state index in [1.165, 1.54) is 13.4 Å². The van der Waals surface area contributed by atoms with Gasteiger partial charge in [-0.1, -0.05) is 0 Å². The molecule has 0 N–H and O–H groups in total. The Labute approximate surface area is 211 Å². The highest BCUT2D eigenvalue weighted by Crippen LogP contribution is 2.37. The Morgan fingerprint density at radius 1 is 1.00 bits per heavy atom. The molecule has 0 saturated heterocycles. The van der Waals surface area contributed by atoms with Gasteiger partial charge in [0.25, 0.3) is 5.91 Å². The number of nitrogens with zero attached hydrogens (tertiary/aromatic N) is 2. The predicted octanol–water partition coefficient (Wildman–Crippen LogP) is 5.86. The minimum atomic E-state index is -5.15. The lowest BCUT2D eigenvalue weighted by atomic mass is 10.0. The summed E-state index contributed by atoms with van der Waals surface area (Å²) in [6, 6.07) is 9.63. The molecule has 3 aromatic rings. The van der Waals surface area contributed by atoms with E-state index in [2.05, 4.69) is 5.10 Å². The molecule has 0 saturated carbocycles. The zero-order chi connectivity index (χ0) is 27.7. The molecule has 2 aromatic carbocycles. The Balaban J connectivity index is 1.55. The second-order valence-electron chi connectivity index (χ2n) is 8.12. The summed E-state index contributed by atoms with van der Waals surface area (Å²) in [5, 5.41) is 5.30. The van der Waals surface area contributed by atoms with Crippen molar-refractivity contribution in [2.75, 3.05) is 13.7 Å². The standard InChI is InChI=1S/C25H18F6N2O5/c1-36-18-6-4-14(5-7-18)19-12-20(21-3-2-8-37-21)33(32-19)22(34)13-38-23(35)15-9-16(24(26,27)28)11-17(10-15)25(29,30)31/h2-11,20H,12-13H2,1H3/t20-/m0/s1. The molecule has 1 aromatic heterocycles. The van der Waals surface area contributed by atoms with Gasteiger partial charge < -0.3 is 13.9 Å². The Bertz CT molecular complexity index is 1320. The number of carbonyl (C=O) groups is 2. The number of hydrogen-bond donors (Lipinski definition) is 0. The number of amides is 1. The van der Waals surface area contributed by atoms with Crippen molar-refractivity contribution in [1.82, 2.24) is 5.01 Å². The highest BCUT2D eigenvalue weighted by atomic mass is 19.4. The number of benzene rings is 2. The summed E-state index contributed by atoms with van der Waals surface area (Å²) in [5.74, 6) is -1.45. The van der Waals surface area contributed by atoms with Crippen molar-refractivity contribution in [2.24, 2.45) is 5.10 Å². The topological polar surface area (TPSA) is 81.3 Å². The molecule has 0 bridgehead atoms. The SMILES string of the molecule is COc1ccc(C2=NN(C(=O)COC(=O)c3cc(C(F)(F)F)cc(C(F)(F)F)c3)[C@H](c3ccco3)C2)cc1. The summed E-state index contributed by atoms with van der Waals surface area (Å²) in [4.78, 5) is 25.3. The molecule has 38 heavy (non-hydrogen) atoms. The van der Waals surface area contributed by atoms with Crippen molar-refractivity contribution in [3.05, 3.63) is 88.9 Å². The van der Waals surface area contributed by atoms with Gasteiger partial charge in [-0.2, -0.15) is 31.4 Å². The Morgan fingerprint density at radius 2 is 1.63 bits per heavy atom. The highest BCUT2D eigenvalue weighted by Gasteiger charge is 2.38. The molecule has 0 radical (unpaired) electrons. The molecule has 4 rings (SSSR count). The van der Waals surface area contributed by atoms with Crippen LogP contribution in [0.15, 0.2) is 70.4 Å². The van der Waals surface area contributed by atoms with Gasteiger partial charge >= 0.3 is 18.3 Å². The quantitative estimate of drug-likeness (QED) is 0.289. The molecular formula is C25H18F6N2O5. The molecule has 200 valence electrons. The van der Waals surface area contributed by atoms with Crippen LogP contribution in [0.4, 0.5) is 26.3 Å². The van der Waals surface area contributed by atoms with E-state index in [0.29, 0.717) is 22.8 Å². The molecule has 0 unspecified atom stereocenters. The van der Waals surface area contributed by atoms with Crippen LogP contribution in [0.2, 0.25) is 0 Å².